The molecule has 0 saturated carbocycles. The van der Waals surface area contributed by atoms with Gasteiger partial charge in [-0.2, -0.15) is 8.78 Å². The number of nitrogens with one attached hydrogen (secondary N) is 2. The van der Waals surface area contributed by atoms with Crippen molar-refractivity contribution in [2.45, 2.75) is 6.61 Å². The number of carbonyl (C=O) groups excluding carboxylic acids is 2. The third-order valence-electron chi connectivity index (χ3n) is 2.73. The van der Waals surface area contributed by atoms with Crippen LogP contribution in [0.2, 0.25) is 0 Å². The van der Waals surface area contributed by atoms with Crippen LogP contribution in [-0.4, -0.2) is 18.5 Å². The number of urea groups is 1. The fourth-order valence-corrected chi connectivity index (χ4v) is 1.80. The molecule has 23 heavy (non-hydrogen) atoms. The number of primary amides is 1. The zero-order valence-corrected chi connectivity index (χ0v) is 11.8. The van der Waals surface area contributed by atoms with Crippen LogP contribution in [0.3, 0.4) is 0 Å². The maximum Gasteiger partial charge on any atom is 0.387 e. The number of halogens is 2. The van der Waals surface area contributed by atoms with Gasteiger partial charge in [0.2, 0.25) is 0 Å². The van der Waals surface area contributed by atoms with E-state index in [9.17, 15) is 18.4 Å². The molecule has 2 aromatic rings. The van der Waals surface area contributed by atoms with Gasteiger partial charge >= 0.3 is 12.6 Å². The minimum absolute atomic E-state index is 0.103. The summed E-state index contributed by atoms with van der Waals surface area (Å²) >= 11 is 0. The number of amides is 3. The standard InChI is InChI=1S/C15H13F2N3O3/c16-14(17)23-12-3-1-2-9(8-12)13(21)19-10-4-6-11(7-5-10)20-15(18)22/h1-8,14H,(H,19,21)(H3,18,20,22). The first-order valence-corrected chi connectivity index (χ1v) is 6.47. The predicted octanol–water partition coefficient (Wildman–Crippen LogP) is 3.03. The van der Waals surface area contributed by atoms with E-state index in [0.717, 1.165) is 0 Å². The molecule has 2 rings (SSSR count). The van der Waals surface area contributed by atoms with Crippen molar-refractivity contribution in [2.24, 2.45) is 5.73 Å². The van der Waals surface area contributed by atoms with E-state index < -0.39 is 18.5 Å². The molecule has 120 valence electrons. The van der Waals surface area contributed by atoms with Crippen molar-refractivity contribution >= 4 is 23.3 Å². The number of anilines is 2. The highest BCUT2D eigenvalue weighted by molar-refractivity contribution is 6.04. The maximum absolute atomic E-state index is 12.2. The smallest absolute Gasteiger partial charge is 0.387 e. The summed E-state index contributed by atoms with van der Waals surface area (Å²) in [5.41, 5.74) is 6.09. The van der Waals surface area contributed by atoms with Gasteiger partial charge in [0.15, 0.2) is 0 Å². The van der Waals surface area contributed by atoms with E-state index in [1.807, 2.05) is 0 Å². The van der Waals surface area contributed by atoms with E-state index in [4.69, 9.17) is 5.73 Å². The van der Waals surface area contributed by atoms with E-state index in [1.165, 1.54) is 24.3 Å². The molecule has 0 saturated heterocycles. The molecule has 3 amide bonds. The van der Waals surface area contributed by atoms with E-state index in [0.29, 0.717) is 11.4 Å². The average molecular weight is 321 g/mol. The molecule has 0 radical (unpaired) electrons. The van der Waals surface area contributed by atoms with Crippen LogP contribution in [0.1, 0.15) is 10.4 Å². The molecule has 0 aliphatic rings. The Morgan fingerprint density at radius 1 is 1.00 bits per heavy atom. The Morgan fingerprint density at radius 3 is 2.17 bits per heavy atom. The first-order valence-electron chi connectivity index (χ1n) is 6.47. The van der Waals surface area contributed by atoms with Crippen molar-refractivity contribution in [3.8, 4) is 5.75 Å². The fourth-order valence-electron chi connectivity index (χ4n) is 1.80. The van der Waals surface area contributed by atoms with E-state index in [2.05, 4.69) is 15.4 Å². The summed E-state index contributed by atoms with van der Waals surface area (Å²) in [4.78, 5) is 22.8. The van der Waals surface area contributed by atoms with Crippen LogP contribution in [0.25, 0.3) is 0 Å². The Hall–Kier alpha value is -3.16. The van der Waals surface area contributed by atoms with Gasteiger partial charge in [-0.05, 0) is 42.5 Å². The van der Waals surface area contributed by atoms with Gasteiger partial charge in [-0.3, -0.25) is 4.79 Å². The summed E-state index contributed by atoms with van der Waals surface area (Å²) in [5, 5.41) is 4.97. The van der Waals surface area contributed by atoms with E-state index >= 15 is 0 Å². The van der Waals surface area contributed by atoms with Crippen molar-refractivity contribution in [3.05, 3.63) is 54.1 Å². The monoisotopic (exact) mass is 321 g/mol. The van der Waals surface area contributed by atoms with Crippen LogP contribution in [-0.2, 0) is 0 Å². The van der Waals surface area contributed by atoms with Crippen molar-refractivity contribution in [1.82, 2.24) is 0 Å². The van der Waals surface area contributed by atoms with E-state index in [1.54, 1.807) is 24.3 Å². The van der Waals surface area contributed by atoms with Crippen LogP contribution in [0, 0.1) is 0 Å². The summed E-state index contributed by atoms with van der Waals surface area (Å²) < 4.78 is 28.6. The Kier molecular flexibility index (Phi) is 5.08. The first-order chi connectivity index (χ1) is 10.9. The van der Waals surface area contributed by atoms with Crippen molar-refractivity contribution in [1.29, 1.82) is 0 Å². The first kappa shape index (κ1) is 16.2. The van der Waals surface area contributed by atoms with Gasteiger partial charge in [-0.25, -0.2) is 4.79 Å². The molecule has 8 heteroatoms. The summed E-state index contributed by atoms with van der Waals surface area (Å²) in [6.07, 6.45) is 0. The Bertz CT molecular complexity index is 705. The second-order valence-corrected chi connectivity index (χ2v) is 4.43. The molecule has 0 aliphatic carbocycles. The predicted molar refractivity (Wildman–Crippen MR) is 80.7 cm³/mol. The lowest BCUT2D eigenvalue weighted by molar-refractivity contribution is -0.0498. The third-order valence-corrected chi connectivity index (χ3v) is 2.73. The molecule has 4 N–H and O–H groups in total. The van der Waals surface area contributed by atoms with Crippen molar-refractivity contribution in [2.75, 3.05) is 10.6 Å². The largest absolute Gasteiger partial charge is 0.435 e. The number of alkyl halides is 2. The SMILES string of the molecule is NC(=O)Nc1ccc(NC(=O)c2cccc(OC(F)F)c2)cc1. The maximum atomic E-state index is 12.2. The summed E-state index contributed by atoms with van der Waals surface area (Å²) in [6, 6.07) is 11.0. The molecule has 0 aromatic heterocycles. The van der Waals surface area contributed by atoms with E-state index in [-0.39, 0.29) is 11.3 Å². The number of nitrogens with two attached hydrogens (primary N) is 1. The highest BCUT2D eigenvalue weighted by Gasteiger charge is 2.10. The molecule has 0 heterocycles. The summed E-state index contributed by atoms with van der Waals surface area (Å²) in [7, 11) is 0. The third kappa shape index (κ3) is 4.95. The van der Waals surface area contributed by atoms with Crippen LogP contribution >= 0.6 is 0 Å². The number of hydrogen-bond acceptors (Lipinski definition) is 3. The molecule has 0 fully saturated rings. The van der Waals surface area contributed by atoms with Crippen LogP contribution < -0.4 is 21.1 Å². The highest BCUT2D eigenvalue weighted by atomic mass is 19.3. The van der Waals surface area contributed by atoms with Crippen LogP contribution in [0.4, 0.5) is 25.0 Å². The summed E-state index contributed by atoms with van der Waals surface area (Å²) in [6.45, 7) is -2.96. The number of rotatable bonds is 5. The minimum Gasteiger partial charge on any atom is -0.435 e. The average Bonchev–Trinajstić information content (AvgIpc) is 2.48. The molecule has 2 aromatic carbocycles. The van der Waals surface area contributed by atoms with Crippen LogP contribution in [0.5, 0.6) is 5.75 Å². The zero-order chi connectivity index (χ0) is 16.8. The number of ether oxygens (including phenoxy) is 1. The van der Waals surface area contributed by atoms with Crippen molar-refractivity contribution < 1.29 is 23.1 Å². The Morgan fingerprint density at radius 2 is 1.61 bits per heavy atom. The lowest BCUT2D eigenvalue weighted by atomic mass is 10.2. The highest BCUT2D eigenvalue weighted by Crippen LogP contribution is 2.18. The fraction of sp³-hybridized carbons (Fsp3) is 0.0667. The quantitative estimate of drug-likeness (QED) is 0.790. The topological polar surface area (TPSA) is 93.5 Å². The molecule has 0 bridgehead atoms. The second kappa shape index (κ2) is 7.21. The normalized spacial score (nSPS) is 10.2. The molecule has 0 atom stereocenters. The molecule has 6 nitrogen and oxygen atoms in total. The molecule has 0 spiro atoms. The van der Waals surface area contributed by atoms with Gasteiger partial charge in [-0.1, -0.05) is 6.07 Å². The molecule has 0 aliphatic heterocycles. The van der Waals surface area contributed by atoms with Crippen molar-refractivity contribution in [3.63, 3.8) is 0 Å². The summed E-state index contributed by atoms with van der Waals surface area (Å²) in [5.74, 6) is -0.589. The Labute approximate surface area is 130 Å². The lowest BCUT2D eigenvalue weighted by Gasteiger charge is -2.09. The number of benzene rings is 2. The van der Waals surface area contributed by atoms with Gasteiger partial charge in [0, 0.05) is 16.9 Å². The van der Waals surface area contributed by atoms with Gasteiger partial charge in [0.05, 0.1) is 0 Å². The number of carbonyl (C=O) groups is 2. The Balaban J connectivity index is 2.05. The minimum atomic E-state index is -2.96. The van der Waals surface area contributed by atoms with Crippen LogP contribution in [0.15, 0.2) is 48.5 Å². The second-order valence-electron chi connectivity index (χ2n) is 4.43. The van der Waals surface area contributed by atoms with Gasteiger partial charge in [0.25, 0.3) is 5.91 Å². The lowest BCUT2D eigenvalue weighted by Crippen LogP contribution is -2.19. The zero-order valence-electron chi connectivity index (χ0n) is 11.8. The van der Waals surface area contributed by atoms with Gasteiger partial charge in [0.1, 0.15) is 5.75 Å². The number of hydrogen-bond donors (Lipinski definition) is 3. The molecule has 0 unspecified atom stereocenters. The van der Waals surface area contributed by atoms with Gasteiger partial charge in [-0.15, -0.1) is 0 Å². The molecular weight excluding hydrogens is 308 g/mol. The van der Waals surface area contributed by atoms with Gasteiger partial charge < -0.3 is 21.1 Å². The molecular formula is C15H13F2N3O3.